The Labute approximate surface area is 180 Å². The van der Waals surface area contributed by atoms with Gasteiger partial charge in [0.15, 0.2) is 5.13 Å². The van der Waals surface area contributed by atoms with Crippen molar-refractivity contribution in [2.45, 2.75) is 0 Å². The number of rotatable bonds is 7. The van der Waals surface area contributed by atoms with Crippen molar-refractivity contribution in [2.24, 2.45) is 0 Å². The highest BCUT2D eigenvalue weighted by molar-refractivity contribution is 7.22. The number of nitro groups is 1. The van der Waals surface area contributed by atoms with Gasteiger partial charge in [-0.1, -0.05) is 28.7 Å². The molecule has 3 rings (SSSR count). The van der Waals surface area contributed by atoms with Gasteiger partial charge in [-0.25, -0.2) is 9.37 Å². The molecule has 0 unspecified atom stereocenters. The van der Waals surface area contributed by atoms with Gasteiger partial charge in [0.25, 0.3) is 5.91 Å². The highest BCUT2D eigenvalue weighted by atomic mass is 35.5. The maximum atomic E-state index is 14.0. The van der Waals surface area contributed by atoms with Crippen LogP contribution in [0.1, 0.15) is 4.88 Å². The summed E-state index contributed by atoms with van der Waals surface area (Å²) in [5, 5.41) is 11.2. The van der Waals surface area contributed by atoms with Gasteiger partial charge in [0.1, 0.15) is 11.3 Å². The molecule has 0 fully saturated rings. The number of hydrogen-bond acceptors (Lipinski definition) is 7. The van der Waals surface area contributed by atoms with Gasteiger partial charge in [0, 0.05) is 30.1 Å². The van der Waals surface area contributed by atoms with Crippen molar-refractivity contribution in [3.05, 3.63) is 57.2 Å². The van der Waals surface area contributed by atoms with Gasteiger partial charge < -0.3 is 4.90 Å². The summed E-state index contributed by atoms with van der Waals surface area (Å²) in [6, 6.07) is 7.68. The van der Waals surface area contributed by atoms with Gasteiger partial charge >= 0.3 is 5.00 Å². The lowest BCUT2D eigenvalue weighted by molar-refractivity contribution is -0.380. The number of para-hydroxylation sites is 1. The average Bonchev–Trinajstić information content (AvgIpc) is 3.27. The number of anilines is 1. The molecule has 1 aromatic carbocycles. The molecule has 0 aliphatic rings. The molecule has 0 saturated carbocycles. The van der Waals surface area contributed by atoms with Crippen molar-refractivity contribution in [1.82, 2.24) is 9.88 Å². The Morgan fingerprint density at radius 1 is 1.24 bits per heavy atom. The third-order valence-corrected chi connectivity index (χ3v) is 5.85. The molecule has 0 aliphatic carbocycles. The van der Waals surface area contributed by atoms with Gasteiger partial charge in [-0.3, -0.25) is 19.8 Å². The topological polar surface area (TPSA) is 79.6 Å². The van der Waals surface area contributed by atoms with Gasteiger partial charge in [-0.2, -0.15) is 0 Å². The normalized spacial score (nSPS) is 11.2. The summed E-state index contributed by atoms with van der Waals surface area (Å²) < 4.78 is 14.6. The molecular formula is C18H18ClFN4O3S2. The van der Waals surface area contributed by atoms with Crippen molar-refractivity contribution in [2.75, 3.05) is 32.1 Å². The van der Waals surface area contributed by atoms with Crippen LogP contribution >= 0.6 is 35.1 Å². The molecule has 0 bridgehead atoms. The van der Waals surface area contributed by atoms with Crippen molar-refractivity contribution in [1.29, 1.82) is 0 Å². The minimum Gasteiger partial charge on any atom is -0.308 e. The number of amides is 1. The van der Waals surface area contributed by atoms with E-state index in [-0.39, 0.29) is 28.8 Å². The molecule has 0 aliphatic heterocycles. The van der Waals surface area contributed by atoms with Crippen LogP contribution in [-0.2, 0) is 4.79 Å². The van der Waals surface area contributed by atoms with Crippen LogP contribution in [0.5, 0.6) is 0 Å². The van der Waals surface area contributed by atoms with Crippen LogP contribution in [0.4, 0.5) is 14.5 Å². The molecule has 0 atom stereocenters. The van der Waals surface area contributed by atoms with Gasteiger partial charge in [-0.15, -0.1) is 12.4 Å². The zero-order chi connectivity index (χ0) is 20.3. The number of nitrogens with zero attached hydrogens (tertiary/aromatic N) is 4. The highest BCUT2D eigenvalue weighted by Gasteiger charge is 2.19. The summed E-state index contributed by atoms with van der Waals surface area (Å²) >= 11 is 2.23. The van der Waals surface area contributed by atoms with Crippen LogP contribution < -0.4 is 4.90 Å². The predicted molar refractivity (Wildman–Crippen MR) is 118 cm³/mol. The molecule has 0 spiro atoms. The molecular weight excluding hydrogens is 439 g/mol. The summed E-state index contributed by atoms with van der Waals surface area (Å²) in [7, 11) is 3.78. The molecule has 0 saturated heterocycles. The van der Waals surface area contributed by atoms with E-state index in [9.17, 15) is 19.3 Å². The van der Waals surface area contributed by atoms with Crippen molar-refractivity contribution in [3.63, 3.8) is 0 Å². The SMILES string of the molecule is CN(C)CCN(C(=O)C=Cc1ccc([N+](=O)[O-])s1)c1nc2c(F)cccc2s1.Cl. The Kier molecular flexibility index (Phi) is 7.80. The summed E-state index contributed by atoms with van der Waals surface area (Å²) in [5.74, 6) is -0.751. The number of benzene rings is 1. The van der Waals surface area contributed by atoms with Crippen molar-refractivity contribution in [3.8, 4) is 0 Å². The molecule has 7 nitrogen and oxygen atoms in total. The Morgan fingerprint density at radius 3 is 2.62 bits per heavy atom. The lowest BCUT2D eigenvalue weighted by Crippen LogP contribution is -2.35. The second-order valence-corrected chi connectivity index (χ2v) is 8.25. The van der Waals surface area contributed by atoms with E-state index in [2.05, 4.69) is 4.98 Å². The third kappa shape index (κ3) is 5.57. The first-order valence-corrected chi connectivity index (χ1v) is 9.92. The number of thiazole rings is 1. The van der Waals surface area contributed by atoms with Gasteiger partial charge in [-0.05, 0) is 38.4 Å². The Hall–Kier alpha value is -2.40. The zero-order valence-electron chi connectivity index (χ0n) is 15.6. The molecule has 29 heavy (non-hydrogen) atoms. The predicted octanol–water partition coefficient (Wildman–Crippen LogP) is 4.43. The number of hydrogen-bond donors (Lipinski definition) is 0. The maximum absolute atomic E-state index is 14.0. The quantitative estimate of drug-likeness (QED) is 0.298. The van der Waals surface area contributed by atoms with Gasteiger partial charge in [0.2, 0.25) is 0 Å². The van der Waals surface area contributed by atoms with Crippen LogP contribution in [-0.4, -0.2) is 47.9 Å². The van der Waals surface area contributed by atoms with Crippen molar-refractivity contribution < 1.29 is 14.1 Å². The first-order valence-electron chi connectivity index (χ1n) is 8.29. The summed E-state index contributed by atoms with van der Waals surface area (Å²) in [5.41, 5.74) is 0.239. The van der Waals surface area contributed by atoms with Gasteiger partial charge in [0.05, 0.1) is 9.62 Å². The smallest absolute Gasteiger partial charge is 0.308 e. The highest BCUT2D eigenvalue weighted by Crippen LogP contribution is 2.31. The Morgan fingerprint density at radius 2 is 2.00 bits per heavy atom. The number of halogens is 2. The number of aromatic nitrogens is 1. The fourth-order valence-corrected chi connectivity index (χ4v) is 4.13. The molecule has 2 aromatic heterocycles. The number of carbonyl (C=O) groups excluding carboxylic acids is 1. The fourth-order valence-electron chi connectivity index (χ4n) is 2.39. The van der Waals surface area contributed by atoms with E-state index in [0.29, 0.717) is 27.8 Å². The molecule has 0 radical (unpaired) electrons. The summed E-state index contributed by atoms with van der Waals surface area (Å²) in [4.78, 5) is 31.4. The molecule has 0 N–H and O–H groups in total. The van der Waals surface area contributed by atoms with E-state index < -0.39 is 10.7 Å². The Bertz CT molecular complexity index is 1050. The molecule has 11 heteroatoms. The number of likely N-dealkylation sites (N-methyl/N-ethyl adjacent to an activating group) is 1. The minimum atomic E-state index is -0.469. The van der Waals surface area contributed by atoms with E-state index in [1.165, 1.54) is 40.5 Å². The molecule has 2 heterocycles. The zero-order valence-corrected chi connectivity index (χ0v) is 18.0. The molecule has 154 valence electrons. The lowest BCUT2D eigenvalue weighted by atomic mass is 10.3. The van der Waals surface area contributed by atoms with E-state index in [4.69, 9.17) is 0 Å². The summed E-state index contributed by atoms with van der Waals surface area (Å²) in [6.45, 7) is 0.977. The Balaban J connectivity index is 0.00000300. The third-order valence-electron chi connectivity index (χ3n) is 3.81. The van der Waals surface area contributed by atoms with E-state index in [0.717, 1.165) is 11.3 Å². The largest absolute Gasteiger partial charge is 0.324 e. The standard InChI is InChI=1S/C18H17FN4O3S2.ClH/c1-21(2)10-11-22(18-20-17-13(19)4-3-5-14(17)28-18)15(24)8-6-12-7-9-16(27-12)23(25)26;/h3-9H,10-11H2,1-2H3;1H. The molecule has 3 aromatic rings. The lowest BCUT2D eigenvalue weighted by Gasteiger charge is -2.20. The monoisotopic (exact) mass is 456 g/mol. The summed E-state index contributed by atoms with van der Waals surface area (Å²) in [6.07, 6.45) is 2.89. The number of thiophene rings is 1. The van der Waals surface area contributed by atoms with E-state index in [1.807, 2.05) is 19.0 Å². The van der Waals surface area contributed by atoms with Crippen LogP contribution in [0.2, 0.25) is 0 Å². The average molecular weight is 457 g/mol. The van der Waals surface area contributed by atoms with Crippen LogP contribution in [0.3, 0.4) is 0 Å². The van der Waals surface area contributed by atoms with Crippen LogP contribution in [0.25, 0.3) is 16.3 Å². The molecule has 1 amide bonds. The number of fused-ring (bicyclic) bond motifs is 1. The van der Waals surface area contributed by atoms with Crippen molar-refractivity contribution >= 4 is 67.4 Å². The second kappa shape index (κ2) is 9.88. The fraction of sp³-hybridized carbons (Fsp3) is 0.222. The van der Waals surface area contributed by atoms with Crippen LogP contribution in [0.15, 0.2) is 36.4 Å². The first kappa shape index (κ1) is 22.9. The first-order chi connectivity index (χ1) is 13.3. The van der Waals surface area contributed by atoms with E-state index in [1.54, 1.807) is 18.2 Å². The minimum absolute atomic E-state index is 0. The van der Waals surface area contributed by atoms with E-state index >= 15 is 0 Å². The van der Waals surface area contributed by atoms with Crippen LogP contribution in [0, 0.1) is 15.9 Å². The number of carbonyl (C=O) groups is 1. The maximum Gasteiger partial charge on any atom is 0.324 e. The second-order valence-electron chi connectivity index (χ2n) is 6.14.